The Morgan fingerprint density at radius 1 is 0.942 bits per heavy atom. The Kier molecular flexibility index (Phi) is 10.3. The quantitative estimate of drug-likeness (QED) is 0.259. The van der Waals surface area contributed by atoms with Crippen molar-refractivity contribution in [3.05, 3.63) is 53.9 Å². The highest BCUT2D eigenvalue weighted by molar-refractivity contribution is 7.91. The highest BCUT2D eigenvalue weighted by Gasteiger charge is 2.57. The number of morpholine rings is 1. The highest BCUT2D eigenvalue weighted by atomic mass is 32.2. The van der Waals surface area contributed by atoms with Gasteiger partial charge in [-0.2, -0.15) is 18.2 Å². The standard InChI is InChI=1S/C34H38F3N5O9S/c35-34(36,37)25-20-23(7-8-26(25)50-27-5-1-2-6-28(27)52(45,46)22-24-4-3-15-49-24)30-38-29(51-39-30)21-41-31(43)33(9-16-47-17-10-33)42(32(41)44)12-11-40-13-18-48-19-14-40/h1-2,5-8,20,24H,3-4,9-19,21-22H2. The number of ether oxygens (including phenoxy) is 4. The number of sulfone groups is 1. The fourth-order valence-electron chi connectivity index (χ4n) is 7.06. The molecule has 7 rings (SSSR count). The zero-order valence-corrected chi connectivity index (χ0v) is 29.0. The van der Waals surface area contributed by atoms with Gasteiger partial charge in [-0.15, -0.1) is 0 Å². The summed E-state index contributed by atoms with van der Waals surface area (Å²) in [6.07, 6.45) is -3.49. The molecule has 5 heterocycles. The van der Waals surface area contributed by atoms with Gasteiger partial charge in [0, 0.05) is 64.4 Å². The second kappa shape index (κ2) is 14.7. The van der Waals surface area contributed by atoms with Crippen LogP contribution in [0.25, 0.3) is 11.4 Å². The van der Waals surface area contributed by atoms with Crippen LogP contribution >= 0.6 is 0 Å². The summed E-state index contributed by atoms with van der Waals surface area (Å²) in [7, 11) is -3.96. The van der Waals surface area contributed by atoms with Crippen molar-refractivity contribution in [2.45, 2.75) is 54.9 Å². The number of benzene rings is 2. The van der Waals surface area contributed by atoms with Crippen molar-refractivity contribution >= 4 is 21.8 Å². The number of hydrogen-bond donors (Lipinski definition) is 0. The lowest BCUT2D eigenvalue weighted by molar-refractivity contribution is -0.139. The molecule has 0 aliphatic carbocycles. The Bertz CT molecular complexity index is 1890. The number of aromatic nitrogens is 2. The summed E-state index contributed by atoms with van der Waals surface area (Å²) >= 11 is 0. The molecule has 4 aliphatic heterocycles. The van der Waals surface area contributed by atoms with E-state index < -0.39 is 50.9 Å². The summed E-state index contributed by atoms with van der Waals surface area (Å²) < 4.78 is 97.1. The lowest BCUT2D eigenvalue weighted by Crippen LogP contribution is -2.55. The van der Waals surface area contributed by atoms with Crippen LogP contribution in [0.4, 0.5) is 18.0 Å². The average molecular weight is 750 g/mol. The van der Waals surface area contributed by atoms with Crippen molar-refractivity contribution < 1.29 is 54.6 Å². The van der Waals surface area contributed by atoms with Gasteiger partial charge in [0.25, 0.3) is 5.91 Å². The molecule has 0 bridgehead atoms. The first-order valence-corrected chi connectivity index (χ1v) is 18.8. The molecule has 14 nitrogen and oxygen atoms in total. The number of hydrogen-bond acceptors (Lipinski definition) is 12. The maximum atomic E-state index is 14.4. The fraction of sp³-hybridized carbons (Fsp3) is 0.529. The summed E-state index contributed by atoms with van der Waals surface area (Å²) in [5.41, 5.74) is -2.37. The minimum Gasteiger partial charge on any atom is -0.455 e. The fourth-order valence-corrected chi connectivity index (χ4v) is 8.70. The minimum atomic E-state index is -4.92. The molecule has 4 aliphatic rings. The number of nitrogens with zero attached hydrogens (tertiary/aromatic N) is 5. The number of carbonyl (C=O) groups is 2. The summed E-state index contributed by atoms with van der Waals surface area (Å²) in [6.45, 7) is 4.18. The number of imide groups is 1. The van der Waals surface area contributed by atoms with Gasteiger partial charge in [-0.3, -0.25) is 14.6 Å². The SMILES string of the molecule is O=C1N(Cc2nc(-c3ccc(Oc4ccccc4S(=O)(=O)CC4CCCO4)c(C(F)(F)F)c3)no2)C(=O)C2(CCOCC2)N1CCN1CCOCC1. The number of halogens is 3. The van der Waals surface area contributed by atoms with Gasteiger partial charge in [0.1, 0.15) is 28.5 Å². The van der Waals surface area contributed by atoms with Crippen LogP contribution in [0.3, 0.4) is 0 Å². The lowest BCUT2D eigenvalue weighted by Gasteiger charge is -2.39. The number of rotatable bonds is 11. The van der Waals surface area contributed by atoms with Crippen LogP contribution in [0.1, 0.15) is 37.1 Å². The van der Waals surface area contributed by atoms with Crippen molar-refractivity contribution in [1.82, 2.24) is 24.8 Å². The van der Waals surface area contributed by atoms with E-state index in [1.807, 2.05) is 0 Å². The first-order chi connectivity index (χ1) is 24.9. The summed E-state index contributed by atoms with van der Waals surface area (Å²) in [4.78, 5) is 36.4. The highest BCUT2D eigenvalue weighted by Crippen LogP contribution is 2.42. The predicted octanol–water partition coefficient (Wildman–Crippen LogP) is 4.15. The molecule has 4 saturated heterocycles. The molecule has 0 radical (unpaired) electrons. The van der Waals surface area contributed by atoms with Crippen LogP contribution in [0, 0.1) is 0 Å². The van der Waals surface area contributed by atoms with Gasteiger partial charge in [0.2, 0.25) is 11.7 Å². The van der Waals surface area contributed by atoms with E-state index in [1.54, 1.807) is 4.90 Å². The van der Waals surface area contributed by atoms with Crippen molar-refractivity contribution in [1.29, 1.82) is 0 Å². The molecule has 3 aromatic rings. The number of carbonyl (C=O) groups excluding carboxylic acids is 2. The molecule has 52 heavy (non-hydrogen) atoms. The summed E-state index contributed by atoms with van der Waals surface area (Å²) in [5, 5.41) is 3.84. The maximum Gasteiger partial charge on any atom is 0.420 e. The van der Waals surface area contributed by atoms with Gasteiger partial charge in [-0.25, -0.2) is 13.2 Å². The van der Waals surface area contributed by atoms with Gasteiger partial charge < -0.3 is 28.4 Å². The minimum absolute atomic E-state index is 0.0823. The molecule has 18 heteroatoms. The Morgan fingerprint density at radius 2 is 1.69 bits per heavy atom. The third kappa shape index (κ3) is 7.39. The third-order valence-electron chi connectivity index (χ3n) is 9.82. The van der Waals surface area contributed by atoms with Crippen LogP contribution in [0.5, 0.6) is 11.5 Å². The zero-order chi connectivity index (χ0) is 36.5. The molecule has 1 aromatic heterocycles. The molecule has 2 aromatic carbocycles. The number of alkyl halides is 3. The van der Waals surface area contributed by atoms with E-state index in [1.165, 1.54) is 30.3 Å². The summed E-state index contributed by atoms with van der Waals surface area (Å²) in [5.74, 6) is -1.99. The molecule has 1 spiro atoms. The smallest absolute Gasteiger partial charge is 0.420 e. The van der Waals surface area contributed by atoms with Crippen LogP contribution < -0.4 is 4.74 Å². The van der Waals surface area contributed by atoms with E-state index in [2.05, 4.69) is 15.0 Å². The van der Waals surface area contributed by atoms with Crippen molar-refractivity contribution in [3.8, 4) is 22.9 Å². The molecule has 1 atom stereocenters. The van der Waals surface area contributed by atoms with Gasteiger partial charge in [0.15, 0.2) is 9.84 Å². The molecular weight excluding hydrogens is 711 g/mol. The van der Waals surface area contributed by atoms with Crippen LogP contribution in [-0.2, 0) is 41.6 Å². The van der Waals surface area contributed by atoms with E-state index in [0.29, 0.717) is 65.4 Å². The second-order valence-corrected chi connectivity index (χ2v) is 15.1. The zero-order valence-electron chi connectivity index (χ0n) is 28.2. The normalized spacial score (nSPS) is 21.4. The molecule has 4 fully saturated rings. The number of para-hydroxylation sites is 1. The van der Waals surface area contributed by atoms with Crippen molar-refractivity contribution in [2.24, 2.45) is 0 Å². The van der Waals surface area contributed by atoms with E-state index in [-0.39, 0.29) is 40.2 Å². The largest absolute Gasteiger partial charge is 0.455 e. The number of urea groups is 1. The molecule has 3 amide bonds. The monoisotopic (exact) mass is 749 g/mol. The second-order valence-electron chi connectivity index (χ2n) is 13.1. The van der Waals surface area contributed by atoms with E-state index in [4.69, 9.17) is 23.5 Å². The summed E-state index contributed by atoms with van der Waals surface area (Å²) in [6, 6.07) is 8.08. The predicted molar refractivity (Wildman–Crippen MR) is 175 cm³/mol. The maximum absolute atomic E-state index is 14.4. The first kappa shape index (κ1) is 36.3. The molecule has 0 N–H and O–H groups in total. The van der Waals surface area contributed by atoms with Crippen LogP contribution in [0.15, 0.2) is 51.9 Å². The topological polar surface area (TPSA) is 154 Å². The Labute approximate surface area is 297 Å². The van der Waals surface area contributed by atoms with E-state index in [9.17, 15) is 31.2 Å². The molecular formula is C34H38F3N5O9S. The van der Waals surface area contributed by atoms with Crippen molar-refractivity contribution in [3.63, 3.8) is 0 Å². The van der Waals surface area contributed by atoms with Gasteiger partial charge in [0.05, 0.1) is 30.6 Å². The van der Waals surface area contributed by atoms with Gasteiger partial charge in [-0.05, 0) is 43.2 Å². The Morgan fingerprint density at radius 3 is 2.42 bits per heavy atom. The molecule has 280 valence electrons. The third-order valence-corrected chi connectivity index (χ3v) is 11.6. The van der Waals surface area contributed by atoms with E-state index >= 15 is 0 Å². The van der Waals surface area contributed by atoms with Crippen LogP contribution in [0.2, 0.25) is 0 Å². The van der Waals surface area contributed by atoms with Crippen molar-refractivity contribution in [2.75, 3.05) is 65.0 Å². The Hall–Kier alpha value is -4.10. The van der Waals surface area contributed by atoms with Gasteiger partial charge >= 0.3 is 12.2 Å². The molecule has 1 unspecified atom stereocenters. The number of amides is 3. The lowest BCUT2D eigenvalue weighted by atomic mass is 9.88. The Balaban J connectivity index is 1.10. The van der Waals surface area contributed by atoms with Crippen LogP contribution in [-0.4, -0.2) is 122 Å². The average Bonchev–Trinajstić information content (AvgIpc) is 3.86. The van der Waals surface area contributed by atoms with E-state index in [0.717, 1.165) is 36.5 Å². The van der Waals surface area contributed by atoms with Gasteiger partial charge in [-0.1, -0.05) is 17.3 Å². The first-order valence-electron chi connectivity index (χ1n) is 17.1. The molecule has 0 saturated carbocycles.